The Balaban J connectivity index is 2.43. The zero-order valence-electron chi connectivity index (χ0n) is 10.9. The van der Waals surface area contributed by atoms with Gasteiger partial charge in [0.1, 0.15) is 5.82 Å². The smallest absolute Gasteiger partial charge is 0.313 e. The summed E-state index contributed by atoms with van der Waals surface area (Å²) in [5, 5.41) is 0. The molecule has 0 aliphatic heterocycles. The van der Waals surface area contributed by atoms with E-state index >= 15 is 0 Å². The van der Waals surface area contributed by atoms with Gasteiger partial charge < -0.3 is 15.0 Å². The molecule has 2 aromatic rings. The summed E-state index contributed by atoms with van der Waals surface area (Å²) in [6.07, 6.45) is 3.01. The van der Waals surface area contributed by atoms with Gasteiger partial charge in [0, 0.05) is 24.5 Å². The standard InChI is InChI=1S/C13H13BrFN3O2/c1-7(2)18-4-3-17-12(13(18)19)20-11-6-9(15)8(14)5-10(11)16/h3-7H,16H2,1-2H3. The summed E-state index contributed by atoms with van der Waals surface area (Å²) in [6.45, 7) is 3.72. The average Bonchev–Trinajstić information content (AvgIpc) is 2.37. The third-order valence-electron chi connectivity index (χ3n) is 2.65. The molecule has 0 saturated heterocycles. The first-order valence-electron chi connectivity index (χ1n) is 5.89. The molecule has 1 aromatic heterocycles. The van der Waals surface area contributed by atoms with Crippen molar-refractivity contribution in [3.63, 3.8) is 0 Å². The lowest BCUT2D eigenvalue weighted by molar-refractivity contribution is 0.435. The molecular formula is C13H13BrFN3O2. The molecular weight excluding hydrogens is 329 g/mol. The third-order valence-corrected chi connectivity index (χ3v) is 3.26. The Morgan fingerprint density at radius 1 is 1.45 bits per heavy atom. The SMILES string of the molecule is CC(C)n1ccnc(Oc2cc(F)c(Br)cc2N)c1=O. The number of anilines is 1. The van der Waals surface area contributed by atoms with E-state index in [0.717, 1.165) is 6.07 Å². The topological polar surface area (TPSA) is 70.1 Å². The summed E-state index contributed by atoms with van der Waals surface area (Å²) < 4.78 is 20.5. The van der Waals surface area contributed by atoms with E-state index in [9.17, 15) is 9.18 Å². The molecule has 1 aromatic carbocycles. The highest BCUT2D eigenvalue weighted by molar-refractivity contribution is 9.10. The van der Waals surface area contributed by atoms with Crippen LogP contribution in [0.5, 0.6) is 11.6 Å². The molecule has 106 valence electrons. The minimum atomic E-state index is -0.533. The van der Waals surface area contributed by atoms with Crippen LogP contribution < -0.4 is 16.0 Å². The Labute approximate surface area is 123 Å². The number of nitrogen functional groups attached to an aromatic ring is 1. The maximum atomic E-state index is 13.5. The van der Waals surface area contributed by atoms with Gasteiger partial charge >= 0.3 is 5.56 Å². The van der Waals surface area contributed by atoms with Crippen LogP contribution in [0.3, 0.4) is 0 Å². The second-order valence-electron chi connectivity index (χ2n) is 4.44. The Morgan fingerprint density at radius 2 is 2.15 bits per heavy atom. The van der Waals surface area contributed by atoms with E-state index in [1.807, 2.05) is 13.8 Å². The van der Waals surface area contributed by atoms with Crippen molar-refractivity contribution < 1.29 is 9.13 Å². The van der Waals surface area contributed by atoms with E-state index in [-0.39, 0.29) is 27.8 Å². The van der Waals surface area contributed by atoms with Crippen molar-refractivity contribution >= 4 is 21.6 Å². The summed E-state index contributed by atoms with van der Waals surface area (Å²) in [5.41, 5.74) is 5.54. The lowest BCUT2D eigenvalue weighted by Crippen LogP contribution is -2.23. The van der Waals surface area contributed by atoms with Crippen molar-refractivity contribution in [3.8, 4) is 11.6 Å². The van der Waals surface area contributed by atoms with Crippen LogP contribution >= 0.6 is 15.9 Å². The molecule has 0 amide bonds. The number of hydrogen-bond acceptors (Lipinski definition) is 4. The average molecular weight is 342 g/mol. The second-order valence-corrected chi connectivity index (χ2v) is 5.30. The third kappa shape index (κ3) is 2.82. The van der Waals surface area contributed by atoms with Crippen molar-refractivity contribution in [1.82, 2.24) is 9.55 Å². The molecule has 5 nitrogen and oxygen atoms in total. The summed E-state index contributed by atoms with van der Waals surface area (Å²) >= 11 is 3.02. The summed E-state index contributed by atoms with van der Waals surface area (Å²) in [7, 11) is 0. The lowest BCUT2D eigenvalue weighted by Gasteiger charge is -2.12. The van der Waals surface area contributed by atoms with E-state index in [4.69, 9.17) is 10.5 Å². The van der Waals surface area contributed by atoms with Crippen molar-refractivity contribution in [1.29, 1.82) is 0 Å². The molecule has 0 atom stereocenters. The van der Waals surface area contributed by atoms with E-state index in [0.29, 0.717) is 0 Å². The van der Waals surface area contributed by atoms with Crippen LogP contribution in [0.1, 0.15) is 19.9 Å². The van der Waals surface area contributed by atoms with Gasteiger partial charge in [-0.3, -0.25) is 4.79 Å². The van der Waals surface area contributed by atoms with Crippen molar-refractivity contribution in [2.24, 2.45) is 0 Å². The monoisotopic (exact) mass is 341 g/mol. The van der Waals surface area contributed by atoms with Crippen LogP contribution in [0.25, 0.3) is 0 Å². The van der Waals surface area contributed by atoms with E-state index in [2.05, 4.69) is 20.9 Å². The highest BCUT2D eigenvalue weighted by atomic mass is 79.9. The number of ether oxygens (including phenoxy) is 1. The van der Waals surface area contributed by atoms with Crippen molar-refractivity contribution in [3.05, 3.63) is 45.2 Å². The Bertz CT molecular complexity index is 701. The molecule has 0 bridgehead atoms. The molecule has 0 saturated carbocycles. The molecule has 0 fully saturated rings. The van der Waals surface area contributed by atoms with Gasteiger partial charge in [-0.05, 0) is 35.8 Å². The first-order chi connectivity index (χ1) is 9.40. The maximum Gasteiger partial charge on any atom is 0.313 e. The summed E-state index contributed by atoms with van der Waals surface area (Å²) in [5.74, 6) is -0.624. The number of halogens is 2. The zero-order chi connectivity index (χ0) is 14.9. The summed E-state index contributed by atoms with van der Waals surface area (Å²) in [6, 6.07) is 2.44. The Kier molecular flexibility index (Phi) is 4.08. The number of nitrogens with zero attached hydrogens (tertiary/aromatic N) is 2. The zero-order valence-corrected chi connectivity index (χ0v) is 12.5. The van der Waals surface area contributed by atoms with Crippen molar-refractivity contribution in [2.45, 2.75) is 19.9 Å². The Hall–Kier alpha value is -1.89. The van der Waals surface area contributed by atoms with Gasteiger partial charge in [-0.2, -0.15) is 0 Å². The van der Waals surface area contributed by atoms with Crippen LogP contribution in [0.2, 0.25) is 0 Å². The van der Waals surface area contributed by atoms with Crippen LogP contribution in [0.4, 0.5) is 10.1 Å². The first kappa shape index (κ1) is 14.5. The number of aromatic nitrogens is 2. The maximum absolute atomic E-state index is 13.5. The number of rotatable bonds is 3. The van der Waals surface area contributed by atoms with Gasteiger partial charge in [0.25, 0.3) is 5.88 Å². The lowest BCUT2D eigenvalue weighted by atomic mass is 10.3. The second kappa shape index (κ2) is 5.62. The van der Waals surface area contributed by atoms with Gasteiger partial charge in [0.15, 0.2) is 5.75 Å². The number of nitrogens with two attached hydrogens (primary N) is 1. The fourth-order valence-electron chi connectivity index (χ4n) is 1.62. The molecule has 2 rings (SSSR count). The van der Waals surface area contributed by atoms with E-state index in [1.54, 1.807) is 6.20 Å². The predicted molar refractivity (Wildman–Crippen MR) is 77.5 cm³/mol. The fourth-order valence-corrected chi connectivity index (χ4v) is 1.98. The van der Waals surface area contributed by atoms with Gasteiger partial charge in [0.2, 0.25) is 0 Å². The van der Waals surface area contributed by atoms with Gasteiger partial charge in [-0.25, -0.2) is 9.37 Å². The normalized spacial score (nSPS) is 10.8. The molecule has 1 heterocycles. The van der Waals surface area contributed by atoms with Crippen molar-refractivity contribution in [2.75, 3.05) is 5.73 Å². The predicted octanol–water partition coefficient (Wildman–Crippen LogP) is 3.10. The fraction of sp³-hybridized carbons (Fsp3) is 0.231. The molecule has 0 radical (unpaired) electrons. The van der Waals surface area contributed by atoms with Crippen LogP contribution in [-0.4, -0.2) is 9.55 Å². The molecule has 0 spiro atoms. The molecule has 0 aliphatic rings. The highest BCUT2D eigenvalue weighted by Gasteiger charge is 2.13. The van der Waals surface area contributed by atoms with Gasteiger partial charge in [-0.15, -0.1) is 0 Å². The summed E-state index contributed by atoms with van der Waals surface area (Å²) in [4.78, 5) is 16.0. The van der Waals surface area contributed by atoms with E-state index in [1.165, 1.54) is 16.8 Å². The first-order valence-corrected chi connectivity index (χ1v) is 6.69. The molecule has 20 heavy (non-hydrogen) atoms. The van der Waals surface area contributed by atoms with Crippen LogP contribution in [0.15, 0.2) is 33.8 Å². The molecule has 7 heteroatoms. The van der Waals surface area contributed by atoms with Gasteiger partial charge in [-0.1, -0.05) is 0 Å². The number of benzene rings is 1. The molecule has 0 unspecified atom stereocenters. The van der Waals surface area contributed by atoms with Gasteiger partial charge in [0.05, 0.1) is 10.2 Å². The molecule has 2 N–H and O–H groups in total. The Morgan fingerprint density at radius 3 is 2.80 bits per heavy atom. The number of hydrogen-bond donors (Lipinski definition) is 1. The molecule has 0 aliphatic carbocycles. The van der Waals surface area contributed by atoms with Crippen LogP contribution in [0, 0.1) is 5.82 Å². The highest BCUT2D eigenvalue weighted by Crippen LogP contribution is 2.30. The minimum Gasteiger partial charge on any atom is -0.432 e. The largest absolute Gasteiger partial charge is 0.432 e. The van der Waals surface area contributed by atoms with E-state index < -0.39 is 11.4 Å². The van der Waals surface area contributed by atoms with Crippen LogP contribution in [-0.2, 0) is 0 Å². The quantitative estimate of drug-likeness (QED) is 0.871. The minimum absolute atomic E-state index is 0.0353.